The zero-order chi connectivity index (χ0) is 13.8. The number of nitrogens with one attached hydrogen (secondary N) is 1. The summed E-state index contributed by atoms with van der Waals surface area (Å²) in [4.78, 5) is 0. The number of fused-ring (bicyclic) bond motifs is 1. The molecule has 0 unspecified atom stereocenters. The van der Waals surface area contributed by atoms with E-state index in [0.717, 1.165) is 6.54 Å². The second-order valence-electron chi connectivity index (χ2n) is 5.16. The largest absolute Gasteiger partial charge is 0.306 e. The van der Waals surface area contributed by atoms with Gasteiger partial charge in [0.2, 0.25) is 0 Å². The van der Waals surface area contributed by atoms with Crippen molar-refractivity contribution in [2.75, 3.05) is 0 Å². The second-order valence-corrected chi connectivity index (χ2v) is 5.16. The molecule has 0 aromatic heterocycles. The molecule has 1 heteroatoms. The van der Waals surface area contributed by atoms with Gasteiger partial charge < -0.3 is 5.32 Å². The van der Waals surface area contributed by atoms with Crippen molar-refractivity contribution in [3.05, 3.63) is 83.9 Å². The van der Waals surface area contributed by atoms with E-state index in [1.54, 1.807) is 0 Å². The van der Waals surface area contributed by atoms with Gasteiger partial charge in [-0.1, -0.05) is 72.8 Å². The fourth-order valence-corrected chi connectivity index (χ4v) is 2.60. The summed E-state index contributed by atoms with van der Waals surface area (Å²) in [7, 11) is 0. The molecular weight excluding hydrogens is 242 g/mol. The lowest BCUT2D eigenvalue weighted by atomic mass is 9.99. The first-order valence-corrected chi connectivity index (χ1v) is 7.09. The van der Waals surface area contributed by atoms with Crippen LogP contribution in [0.15, 0.2) is 72.8 Å². The van der Waals surface area contributed by atoms with E-state index < -0.39 is 0 Å². The molecule has 0 radical (unpaired) electrons. The molecule has 1 nitrogen and oxygen atoms in total. The van der Waals surface area contributed by atoms with Crippen molar-refractivity contribution in [1.82, 2.24) is 5.32 Å². The molecule has 100 valence electrons. The van der Waals surface area contributed by atoms with Gasteiger partial charge in [0.1, 0.15) is 0 Å². The molecule has 0 fully saturated rings. The Kier molecular flexibility index (Phi) is 3.80. The lowest BCUT2D eigenvalue weighted by Gasteiger charge is -2.16. The molecule has 0 aliphatic heterocycles. The van der Waals surface area contributed by atoms with Crippen LogP contribution < -0.4 is 5.32 Å². The minimum absolute atomic E-state index is 0.335. The third-order valence-electron chi connectivity index (χ3n) is 3.75. The van der Waals surface area contributed by atoms with Gasteiger partial charge in [-0.25, -0.2) is 0 Å². The molecular formula is C19H19N. The highest BCUT2D eigenvalue weighted by Crippen LogP contribution is 2.24. The zero-order valence-corrected chi connectivity index (χ0v) is 11.7. The summed E-state index contributed by atoms with van der Waals surface area (Å²) < 4.78 is 0. The Bertz CT molecular complexity index is 683. The molecule has 0 spiro atoms. The summed E-state index contributed by atoms with van der Waals surface area (Å²) in [5.41, 5.74) is 2.68. The van der Waals surface area contributed by atoms with E-state index in [2.05, 4.69) is 85.0 Å². The van der Waals surface area contributed by atoms with Gasteiger partial charge in [0, 0.05) is 12.6 Å². The Morgan fingerprint density at radius 3 is 2.35 bits per heavy atom. The van der Waals surface area contributed by atoms with Crippen molar-refractivity contribution >= 4 is 10.8 Å². The van der Waals surface area contributed by atoms with E-state index in [4.69, 9.17) is 0 Å². The first kappa shape index (κ1) is 12.9. The van der Waals surface area contributed by atoms with Crippen molar-refractivity contribution in [3.63, 3.8) is 0 Å². The highest BCUT2D eigenvalue weighted by molar-refractivity contribution is 5.86. The molecule has 0 saturated carbocycles. The fraction of sp³-hybridized carbons (Fsp3) is 0.158. The van der Waals surface area contributed by atoms with Gasteiger partial charge in [-0.05, 0) is 28.8 Å². The van der Waals surface area contributed by atoms with Gasteiger partial charge >= 0.3 is 0 Å². The Balaban J connectivity index is 1.80. The summed E-state index contributed by atoms with van der Waals surface area (Å²) >= 11 is 0. The number of hydrogen-bond acceptors (Lipinski definition) is 1. The van der Waals surface area contributed by atoms with Crippen LogP contribution in [0.1, 0.15) is 24.1 Å². The van der Waals surface area contributed by atoms with E-state index in [1.807, 2.05) is 0 Å². The Labute approximate surface area is 120 Å². The summed E-state index contributed by atoms with van der Waals surface area (Å²) in [5, 5.41) is 6.25. The van der Waals surface area contributed by atoms with Crippen LogP contribution in [0, 0.1) is 0 Å². The van der Waals surface area contributed by atoms with Crippen molar-refractivity contribution < 1.29 is 0 Å². The van der Waals surface area contributed by atoms with E-state index in [-0.39, 0.29) is 0 Å². The Hall–Kier alpha value is -2.12. The van der Waals surface area contributed by atoms with Gasteiger partial charge in [-0.15, -0.1) is 0 Å². The molecule has 1 atom stereocenters. The highest BCUT2D eigenvalue weighted by Gasteiger charge is 2.08. The molecule has 3 aromatic rings. The van der Waals surface area contributed by atoms with Gasteiger partial charge in [0.15, 0.2) is 0 Å². The maximum absolute atomic E-state index is 3.61. The lowest BCUT2D eigenvalue weighted by Crippen LogP contribution is -2.18. The third kappa shape index (κ3) is 2.73. The van der Waals surface area contributed by atoms with Gasteiger partial charge in [-0.3, -0.25) is 0 Å². The summed E-state index contributed by atoms with van der Waals surface area (Å²) in [6.45, 7) is 3.12. The van der Waals surface area contributed by atoms with E-state index in [1.165, 1.54) is 21.9 Å². The molecule has 1 N–H and O–H groups in total. The van der Waals surface area contributed by atoms with Gasteiger partial charge in [0.05, 0.1) is 0 Å². The summed E-state index contributed by atoms with van der Waals surface area (Å²) in [6.07, 6.45) is 0. The van der Waals surface area contributed by atoms with Crippen LogP contribution >= 0.6 is 0 Å². The molecule has 0 aliphatic rings. The predicted molar refractivity (Wildman–Crippen MR) is 85.6 cm³/mol. The van der Waals surface area contributed by atoms with Crippen LogP contribution in [0.3, 0.4) is 0 Å². The lowest BCUT2D eigenvalue weighted by molar-refractivity contribution is 0.578. The second kappa shape index (κ2) is 5.89. The summed E-state index contributed by atoms with van der Waals surface area (Å²) in [5.74, 6) is 0. The number of rotatable bonds is 4. The molecule has 20 heavy (non-hydrogen) atoms. The fourth-order valence-electron chi connectivity index (χ4n) is 2.60. The normalized spacial score (nSPS) is 12.4. The maximum Gasteiger partial charge on any atom is 0.0301 e. The predicted octanol–water partition coefficient (Wildman–Crippen LogP) is 4.69. The molecule has 0 saturated heterocycles. The van der Waals surface area contributed by atoms with Gasteiger partial charge in [0.25, 0.3) is 0 Å². The molecule has 3 aromatic carbocycles. The Morgan fingerprint density at radius 2 is 1.50 bits per heavy atom. The van der Waals surface area contributed by atoms with E-state index >= 15 is 0 Å². The average molecular weight is 261 g/mol. The first-order chi connectivity index (χ1) is 9.84. The maximum atomic E-state index is 3.61. The number of benzene rings is 3. The minimum atomic E-state index is 0.335. The zero-order valence-electron chi connectivity index (χ0n) is 11.7. The molecule has 0 heterocycles. The standard InChI is InChI=1S/C19H19N/c1-15(20-14-16-8-3-2-4-9-16)18-13-7-11-17-10-5-6-12-19(17)18/h2-13,15,20H,14H2,1H3/t15-/m0/s1. The van der Waals surface area contributed by atoms with E-state index in [0.29, 0.717) is 6.04 Å². The minimum Gasteiger partial charge on any atom is -0.306 e. The SMILES string of the molecule is C[C@H](NCc1ccccc1)c1cccc2ccccc12. The molecule has 3 rings (SSSR count). The van der Waals surface area contributed by atoms with Crippen LogP contribution in [0.25, 0.3) is 10.8 Å². The van der Waals surface area contributed by atoms with E-state index in [9.17, 15) is 0 Å². The summed E-state index contributed by atoms with van der Waals surface area (Å²) in [6, 6.07) is 26.0. The van der Waals surface area contributed by atoms with Crippen molar-refractivity contribution in [3.8, 4) is 0 Å². The van der Waals surface area contributed by atoms with Crippen LogP contribution in [0.5, 0.6) is 0 Å². The average Bonchev–Trinajstić information content (AvgIpc) is 2.53. The van der Waals surface area contributed by atoms with Crippen molar-refractivity contribution in [2.45, 2.75) is 19.5 Å². The smallest absolute Gasteiger partial charge is 0.0301 e. The van der Waals surface area contributed by atoms with Gasteiger partial charge in [-0.2, -0.15) is 0 Å². The third-order valence-corrected chi connectivity index (χ3v) is 3.75. The van der Waals surface area contributed by atoms with Crippen molar-refractivity contribution in [1.29, 1.82) is 0 Å². The highest BCUT2D eigenvalue weighted by atomic mass is 14.9. The molecule has 0 amide bonds. The van der Waals surface area contributed by atoms with Crippen molar-refractivity contribution in [2.24, 2.45) is 0 Å². The van der Waals surface area contributed by atoms with Crippen LogP contribution in [0.4, 0.5) is 0 Å². The first-order valence-electron chi connectivity index (χ1n) is 7.09. The topological polar surface area (TPSA) is 12.0 Å². The molecule has 0 bridgehead atoms. The monoisotopic (exact) mass is 261 g/mol. The van der Waals surface area contributed by atoms with Crippen LogP contribution in [0.2, 0.25) is 0 Å². The van der Waals surface area contributed by atoms with Crippen LogP contribution in [-0.2, 0) is 6.54 Å². The van der Waals surface area contributed by atoms with Crippen LogP contribution in [-0.4, -0.2) is 0 Å². The number of hydrogen-bond donors (Lipinski definition) is 1. The quantitative estimate of drug-likeness (QED) is 0.718. The Morgan fingerprint density at radius 1 is 0.800 bits per heavy atom. The molecule has 0 aliphatic carbocycles.